The van der Waals surface area contributed by atoms with E-state index in [9.17, 15) is 0 Å². The summed E-state index contributed by atoms with van der Waals surface area (Å²) in [5, 5.41) is 0. The quantitative estimate of drug-likeness (QED) is 0.579. The molecule has 130 valence electrons. The zero-order valence-corrected chi connectivity index (χ0v) is 14.7. The second-order valence-electron chi connectivity index (χ2n) is 5.91. The van der Waals surface area contributed by atoms with Crippen LogP contribution in [0.2, 0.25) is 0 Å². The van der Waals surface area contributed by atoms with E-state index in [1.165, 1.54) is 4.90 Å². The van der Waals surface area contributed by atoms with Crippen LogP contribution in [0.5, 0.6) is 11.5 Å². The lowest BCUT2D eigenvalue weighted by molar-refractivity contribution is -0.0494. The molecule has 0 aromatic heterocycles. The van der Waals surface area contributed by atoms with Gasteiger partial charge in [-0.1, -0.05) is 18.2 Å². The Kier molecular flexibility index (Phi) is 4.97. The van der Waals surface area contributed by atoms with Gasteiger partial charge in [-0.25, -0.2) is 0 Å². The highest BCUT2D eigenvalue weighted by Gasteiger charge is 2.43. The number of methoxy groups -OCH3 is 1. The van der Waals surface area contributed by atoms with Crippen molar-refractivity contribution in [3.63, 3.8) is 0 Å². The van der Waals surface area contributed by atoms with Gasteiger partial charge in [0, 0.05) is 10.6 Å². The van der Waals surface area contributed by atoms with E-state index in [1.807, 2.05) is 54.6 Å². The van der Waals surface area contributed by atoms with E-state index in [1.54, 1.807) is 18.9 Å². The summed E-state index contributed by atoms with van der Waals surface area (Å²) in [7, 11) is 1.65. The second kappa shape index (κ2) is 7.52. The Morgan fingerprint density at radius 2 is 1.68 bits per heavy atom. The fourth-order valence-electron chi connectivity index (χ4n) is 2.96. The molecule has 4 rings (SSSR count). The molecule has 2 heterocycles. The number of hydrogen-bond acceptors (Lipinski definition) is 5. The van der Waals surface area contributed by atoms with Crippen LogP contribution in [0.15, 0.2) is 71.6 Å². The van der Waals surface area contributed by atoms with Crippen molar-refractivity contribution < 1.29 is 18.9 Å². The maximum absolute atomic E-state index is 6.11. The molecule has 0 saturated carbocycles. The minimum atomic E-state index is -0.262. The molecular weight excluding hydrogens is 336 g/mol. The third kappa shape index (κ3) is 3.84. The SMILES string of the molecule is COc1ccc(O[C@@H]2C=C[C@@H]3O[C@H]2[C@@H](CSc2ccccc2)O3)cc1. The molecule has 25 heavy (non-hydrogen) atoms. The lowest BCUT2D eigenvalue weighted by Crippen LogP contribution is -2.40. The van der Waals surface area contributed by atoms with Crippen molar-refractivity contribution >= 4 is 11.8 Å². The fourth-order valence-corrected chi connectivity index (χ4v) is 3.94. The lowest BCUT2D eigenvalue weighted by Gasteiger charge is -2.26. The molecular formula is C20H20O4S. The zero-order valence-electron chi connectivity index (χ0n) is 13.9. The molecule has 1 fully saturated rings. The molecule has 2 bridgehead atoms. The van der Waals surface area contributed by atoms with Gasteiger partial charge >= 0.3 is 0 Å². The minimum Gasteiger partial charge on any atom is -0.497 e. The van der Waals surface area contributed by atoms with Crippen LogP contribution in [0, 0.1) is 0 Å². The highest BCUT2D eigenvalue weighted by molar-refractivity contribution is 7.99. The van der Waals surface area contributed by atoms with E-state index < -0.39 is 0 Å². The third-order valence-corrected chi connectivity index (χ3v) is 5.34. The Labute approximate surface area is 151 Å². The van der Waals surface area contributed by atoms with E-state index in [2.05, 4.69) is 12.1 Å². The average Bonchev–Trinajstić information content (AvgIpc) is 3.01. The smallest absolute Gasteiger partial charge is 0.178 e. The van der Waals surface area contributed by atoms with Crippen molar-refractivity contribution in [1.82, 2.24) is 0 Å². The van der Waals surface area contributed by atoms with Crippen LogP contribution in [0.3, 0.4) is 0 Å². The molecule has 0 spiro atoms. The largest absolute Gasteiger partial charge is 0.497 e. The predicted octanol–water partition coefficient (Wildman–Crippen LogP) is 3.91. The number of rotatable bonds is 6. The highest BCUT2D eigenvalue weighted by Crippen LogP contribution is 2.33. The van der Waals surface area contributed by atoms with Crippen LogP contribution >= 0.6 is 11.8 Å². The molecule has 2 aromatic rings. The Morgan fingerprint density at radius 1 is 0.920 bits per heavy atom. The first-order valence-corrected chi connectivity index (χ1v) is 9.28. The first-order chi connectivity index (χ1) is 12.3. The Bertz CT molecular complexity index is 716. The summed E-state index contributed by atoms with van der Waals surface area (Å²) in [5.41, 5.74) is 0. The first kappa shape index (κ1) is 16.5. The minimum absolute atomic E-state index is 0.00606. The van der Waals surface area contributed by atoms with E-state index in [0.717, 1.165) is 17.3 Å². The maximum Gasteiger partial charge on any atom is 0.178 e. The Balaban J connectivity index is 1.40. The number of ether oxygens (including phenoxy) is 4. The molecule has 5 heteroatoms. The predicted molar refractivity (Wildman–Crippen MR) is 97.3 cm³/mol. The zero-order chi connectivity index (χ0) is 17.1. The molecule has 2 aliphatic rings. The van der Waals surface area contributed by atoms with Crippen LogP contribution in [0.1, 0.15) is 0 Å². The molecule has 4 atom stereocenters. The molecule has 4 nitrogen and oxygen atoms in total. The molecule has 0 unspecified atom stereocenters. The fraction of sp³-hybridized carbons (Fsp3) is 0.300. The van der Waals surface area contributed by atoms with Crippen molar-refractivity contribution in [3.05, 3.63) is 66.7 Å². The van der Waals surface area contributed by atoms with Crippen LogP contribution < -0.4 is 9.47 Å². The van der Waals surface area contributed by atoms with E-state index in [4.69, 9.17) is 18.9 Å². The van der Waals surface area contributed by atoms with Gasteiger partial charge in [0.1, 0.15) is 29.8 Å². The lowest BCUT2D eigenvalue weighted by atomic mass is 10.1. The van der Waals surface area contributed by atoms with E-state index in [-0.39, 0.29) is 24.6 Å². The van der Waals surface area contributed by atoms with Gasteiger partial charge in [0.25, 0.3) is 0 Å². The van der Waals surface area contributed by atoms with Gasteiger partial charge in [0.05, 0.1) is 7.11 Å². The first-order valence-electron chi connectivity index (χ1n) is 8.29. The summed E-state index contributed by atoms with van der Waals surface area (Å²) in [5.74, 6) is 2.43. The maximum atomic E-state index is 6.11. The van der Waals surface area contributed by atoms with Crippen molar-refractivity contribution in [1.29, 1.82) is 0 Å². The molecule has 0 aliphatic carbocycles. The van der Waals surface area contributed by atoms with Crippen molar-refractivity contribution in [3.8, 4) is 11.5 Å². The topological polar surface area (TPSA) is 36.9 Å². The number of fused-ring (bicyclic) bond motifs is 2. The van der Waals surface area contributed by atoms with Crippen LogP contribution in [0.4, 0.5) is 0 Å². The van der Waals surface area contributed by atoms with Crippen molar-refractivity contribution in [2.24, 2.45) is 0 Å². The summed E-state index contributed by atoms with van der Waals surface area (Å²) in [4.78, 5) is 1.23. The second-order valence-corrected chi connectivity index (χ2v) is 7.00. The molecule has 0 N–H and O–H groups in total. The van der Waals surface area contributed by atoms with Crippen LogP contribution in [-0.2, 0) is 9.47 Å². The van der Waals surface area contributed by atoms with Gasteiger partial charge in [0.2, 0.25) is 0 Å². The van der Waals surface area contributed by atoms with Gasteiger partial charge in [-0.05, 0) is 48.6 Å². The van der Waals surface area contributed by atoms with E-state index in [0.29, 0.717) is 0 Å². The number of thioether (sulfide) groups is 1. The van der Waals surface area contributed by atoms with Gasteiger partial charge in [-0.2, -0.15) is 0 Å². The molecule has 2 aliphatic heterocycles. The molecule has 0 amide bonds. The van der Waals surface area contributed by atoms with Crippen LogP contribution in [0.25, 0.3) is 0 Å². The molecule has 1 saturated heterocycles. The van der Waals surface area contributed by atoms with Crippen molar-refractivity contribution in [2.45, 2.75) is 29.5 Å². The van der Waals surface area contributed by atoms with Crippen molar-refractivity contribution in [2.75, 3.05) is 12.9 Å². The molecule has 0 radical (unpaired) electrons. The van der Waals surface area contributed by atoms with Crippen LogP contribution in [-0.4, -0.2) is 37.5 Å². The Hall–Kier alpha value is -1.95. The van der Waals surface area contributed by atoms with Gasteiger partial charge < -0.3 is 18.9 Å². The standard InChI is InChI=1S/C20H20O4S/c1-21-14-7-9-15(10-8-14)22-17-11-12-19-23-18(20(17)24-19)13-25-16-5-3-2-4-6-16/h2-12,17-20H,13H2,1H3/t17-,18-,19+,20-/m1/s1. The van der Waals surface area contributed by atoms with E-state index >= 15 is 0 Å². The summed E-state index contributed by atoms with van der Waals surface area (Å²) in [6.45, 7) is 0. The third-order valence-electron chi connectivity index (χ3n) is 4.24. The normalized spacial score (nSPS) is 27.2. The number of hydrogen-bond donors (Lipinski definition) is 0. The average molecular weight is 356 g/mol. The summed E-state index contributed by atoms with van der Waals surface area (Å²) < 4.78 is 23.2. The summed E-state index contributed by atoms with van der Waals surface area (Å²) >= 11 is 1.78. The van der Waals surface area contributed by atoms with Gasteiger partial charge in [-0.3, -0.25) is 0 Å². The number of benzene rings is 2. The monoisotopic (exact) mass is 356 g/mol. The summed E-state index contributed by atoms with van der Waals surface area (Å²) in [6, 6.07) is 17.9. The highest BCUT2D eigenvalue weighted by atomic mass is 32.2. The van der Waals surface area contributed by atoms with Gasteiger partial charge in [0.15, 0.2) is 6.29 Å². The summed E-state index contributed by atoms with van der Waals surface area (Å²) in [6.07, 6.45) is 3.44. The Morgan fingerprint density at radius 3 is 2.44 bits per heavy atom. The van der Waals surface area contributed by atoms with Gasteiger partial charge in [-0.15, -0.1) is 11.8 Å². The molecule has 2 aromatic carbocycles.